The summed E-state index contributed by atoms with van der Waals surface area (Å²) in [5.41, 5.74) is 3.93. The minimum Gasteiger partial charge on any atom is -0.370 e. The summed E-state index contributed by atoms with van der Waals surface area (Å²) < 4.78 is 0. The molecule has 1 atom stereocenters. The van der Waals surface area contributed by atoms with E-state index in [9.17, 15) is 9.59 Å². The van der Waals surface area contributed by atoms with Crippen molar-refractivity contribution in [3.63, 3.8) is 0 Å². The standard InChI is InChI=1S/C23H27N3O2/c1-17-9-11-19(12-10-17)26-16-18(15-22(26)27)23(28)24-20-7-3-4-8-21(20)25-13-5-2-6-14-25/h3-4,7-12,18H,2,5-6,13-16H2,1H3,(H,24,28). The molecule has 2 aliphatic heterocycles. The Morgan fingerprint density at radius 1 is 1.00 bits per heavy atom. The Morgan fingerprint density at radius 2 is 1.71 bits per heavy atom. The summed E-state index contributed by atoms with van der Waals surface area (Å²) in [7, 11) is 0. The van der Waals surface area contributed by atoms with E-state index in [1.54, 1.807) is 4.90 Å². The van der Waals surface area contributed by atoms with Crippen molar-refractivity contribution in [1.29, 1.82) is 0 Å². The molecule has 2 fully saturated rings. The molecule has 28 heavy (non-hydrogen) atoms. The largest absolute Gasteiger partial charge is 0.370 e. The van der Waals surface area contributed by atoms with E-state index in [-0.39, 0.29) is 24.2 Å². The lowest BCUT2D eigenvalue weighted by atomic mass is 10.1. The highest BCUT2D eigenvalue weighted by Gasteiger charge is 2.35. The van der Waals surface area contributed by atoms with Gasteiger partial charge in [-0.05, 0) is 50.5 Å². The third-order valence-corrected chi connectivity index (χ3v) is 5.70. The first-order valence-electron chi connectivity index (χ1n) is 10.1. The second-order valence-electron chi connectivity index (χ2n) is 7.80. The van der Waals surface area contributed by atoms with Crippen molar-refractivity contribution in [2.75, 3.05) is 34.8 Å². The summed E-state index contributed by atoms with van der Waals surface area (Å²) in [6.45, 7) is 4.50. The molecule has 0 spiro atoms. The van der Waals surface area contributed by atoms with Crippen molar-refractivity contribution < 1.29 is 9.59 Å². The van der Waals surface area contributed by atoms with Crippen LogP contribution in [-0.4, -0.2) is 31.4 Å². The van der Waals surface area contributed by atoms with E-state index in [0.29, 0.717) is 6.54 Å². The summed E-state index contributed by atoms with van der Waals surface area (Å²) >= 11 is 0. The number of carbonyl (C=O) groups is 2. The predicted molar refractivity (Wildman–Crippen MR) is 113 cm³/mol. The maximum atomic E-state index is 12.9. The number of benzene rings is 2. The van der Waals surface area contributed by atoms with Gasteiger partial charge in [-0.25, -0.2) is 0 Å². The van der Waals surface area contributed by atoms with E-state index in [1.807, 2.05) is 49.4 Å². The van der Waals surface area contributed by atoms with Crippen LogP contribution >= 0.6 is 0 Å². The number of aryl methyl sites for hydroxylation is 1. The molecule has 5 nitrogen and oxygen atoms in total. The molecule has 146 valence electrons. The zero-order valence-corrected chi connectivity index (χ0v) is 16.4. The van der Waals surface area contributed by atoms with Crippen molar-refractivity contribution in [1.82, 2.24) is 0 Å². The Bertz CT molecular complexity index is 856. The molecule has 5 heteroatoms. The molecule has 1 unspecified atom stereocenters. The monoisotopic (exact) mass is 377 g/mol. The van der Waals surface area contributed by atoms with Crippen molar-refractivity contribution >= 4 is 28.9 Å². The molecule has 0 aromatic heterocycles. The second-order valence-corrected chi connectivity index (χ2v) is 7.80. The number of hydrogen-bond donors (Lipinski definition) is 1. The first-order chi connectivity index (χ1) is 13.6. The number of piperidine rings is 1. The maximum Gasteiger partial charge on any atom is 0.229 e. The summed E-state index contributed by atoms with van der Waals surface area (Å²) in [5.74, 6) is -0.399. The molecule has 2 heterocycles. The number of para-hydroxylation sites is 2. The topological polar surface area (TPSA) is 52.7 Å². The van der Waals surface area contributed by atoms with Gasteiger partial charge in [-0.15, -0.1) is 0 Å². The van der Waals surface area contributed by atoms with Gasteiger partial charge >= 0.3 is 0 Å². The quantitative estimate of drug-likeness (QED) is 0.877. The van der Waals surface area contributed by atoms with Crippen LogP contribution in [0.2, 0.25) is 0 Å². The van der Waals surface area contributed by atoms with Crippen LogP contribution in [0.1, 0.15) is 31.2 Å². The fraction of sp³-hybridized carbons (Fsp3) is 0.391. The number of anilines is 3. The van der Waals surface area contributed by atoms with E-state index >= 15 is 0 Å². The summed E-state index contributed by atoms with van der Waals surface area (Å²) in [5, 5.41) is 3.09. The molecular weight excluding hydrogens is 350 g/mol. The minimum atomic E-state index is -0.330. The fourth-order valence-corrected chi connectivity index (χ4v) is 4.08. The van der Waals surface area contributed by atoms with E-state index in [1.165, 1.54) is 19.3 Å². The van der Waals surface area contributed by atoms with Crippen molar-refractivity contribution in [3.05, 3.63) is 54.1 Å². The van der Waals surface area contributed by atoms with Crippen LogP contribution in [0.3, 0.4) is 0 Å². The van der Waals surface area contributed by atoms with Crippen molar-refractivity contribution in [2.45, 2.75) is 32.6 Å². The van der Waals surface area contributed by atoms with E-state index < -0.39 is 0 Å². The van der Waals surface area contributed by atoms with Gasteiger partial charge in [0, 0.05) is 31.7 Å². The summed E-state index contributed by atoms with van der Waals surface area (Å²) in [4.78, 5) is 29.5. The van der Waals surface area contributed by atoms with Gasteiger partial charge < -0.3 is 15.1 Å². The van der Waals surface area contributed by atoms with Gasteiger partial charge in [-0.3, -0.25) is 9.59 Å². The third kappa shape index (κ3) is 3.88. The highest BCUT2D eigenvalue weighted by Crippen LogP contribution is 2.30. The molecule has 2 aromatic rings. The van der Waals surface area contributed by atoms with Crippen LogP contribution < -0.4 is 15.1 Å². The Balaban J connectivity index is 1.46. The van der Waals surface area contributed by atoms with Crippen LogP contribution in [0.5, 0.6) is 0 Å². The van der Waals surface area contributed by atoms with Gasteiger partial charge in [-0.2, -0.15) is 0 Å². The van der Waals surface area contributed by atoms with E-state index in [4.69, 9.17) is 0 Å². The van der Waals surface area contributed by atoms with Crippen LogP contribution in [-0.2, 0) is 9.59 Å². The molecule has 0 aliphatic carbocycles. The highest BCUT2D eigenvalue weighted by molar-refractivity contribution is 6.04. The minimum absolute atomic E-state index is 0.00770. The smallest absolute Gasteiger partial charge is 0.229 e. The zero-order valence-electron chi connectivity index (χ0n) is 16.4. The van der Waals surface area contributed by atoms with Crippen LogP contribution in [0.15, 0.2) is 48.5 Å². The number of nitrogens with one attached hydrogen (secondary N) is 1. The molecule has 0 saturated carbocycles. The van der Waals surface area contributed by atoms with Gasteiger partial charge in [0.15, 0.2) is 0 Å². The third-order valence-electron chi connectivity index (χ3n) is 5.70. The average Bonchev–Trinajstić information content (AvgIpc) is 3.11. The molecule has 2 aliphatic rings. The normalized spacial score (nSPS) is 19.8. The highest BCUT2D eigenvalue weighted by atomic mass is 16.2. The first kappa shape index (κ1) is 18.5. The van der Waals surface area contributed by atoms with E-state index in [0.717, 1.165) is 35.7 Å². The van der Waals surface area contributed by atoms with Gasteiger partial charge in [-0.1, -0.05) is 29.8 Å². The molecule has 2 saturated heterocycles. The van der Waals surface area contributed by atoms with Gasteiger partial charge in [0.1, 0.15) is 0 Å². The number of rotatable bonds is 4. The number of nitrogens with zero attached hydrogens (tertiary/aromatic N) is 2. The molecule has 2 amide bonds. The molecule has 0 radical (unpaired) electrons. The van der Waals surface area contributed by atoms with Gasteiger partial charge in [0.05, 0.1) is 17.3 Å². The Labute approximate surface area is 166 Å². The lowest BCUT2D eigenvalue weighted by molar-refractivity contribution is -0.122. The Kier molecular flexibility index (Phi) is 5.33. The molecule has 0 bridgehead atoms. The molecular formula is C23H27N3O2. The van der Waals surface area contributed by atoms with Crippen LogP contribution in [0, 0.1) is 12.8 Å². The molecule has 2 aromatic carbocycles. The van der Waals surface area contributed by atoms with Crippen molar-refractivity contribution in [3.8, 4) is 0 Å². The zero-order chi connectivity index (χ0) is 19.5. The maximum absolute atomic E-state index is 12.9. The summed E-state index contributed by atoms with van der Waals surface area (Å²) in [6.07, 6.45) is 3.89. The predicted octanol–water partition coefficient (Wildman–Crippen LogP) is 3.98. The van der Waals surface area contributed by atoms with Gasteiger partial charge in [0.25, 0.3) is 0 Å². The second kappa shape index (κ2) is 8.05. The lowest BCUT2D eigenvalue weighted by Crippen LogP contribution is -2.31. The number of carbonyl (C=O) groups excluding carboxylic acids is 2. The van der Waals surface area contributed by atoms with Gasteiger partial charge in [0.2, 0.25) is 11.8 Å². The Morgan fingerprint density at radius 3 is 2.46 bits per heavy atom. The van der Waals surface area contributed by atoms with Crippen LogP contribution in [0.4, 0.5) is 17.1 Å². The molecule has 1 N–H and O–H groups in total. The number of amides is 2. The van der Waals surface area contributed by atoms with Crippen molar-refractivity contribution in [2.24, 2.45) is 5.92 Å². The summed E-state index contributed by atoms with van der Waals surface area (Å²) in [6, 6.07) is 15.9. The lowest BCUT2D eigenvalue weighted by Gasteiger charge is -2.30. The fourth-order valence-electron chi connectivity index (χ4n) is 4.08. The average molecular weight is 377 g/mol. The molecule has 4 rings (SSSR count). The van der Waals surface area contributed by atoms with Crippen LogP contribution in [0.25, 0.3) is 0 Å². The van der Waals surface area contributed by atoms with E-state index in [2.05, 4.69) is 16.3 Å². The first-order valence-corrected chi connectivity index (χ1v) is 10.1. The SMILES string of the molecule is Cc1ccc(N2CC(C(=O)Nc3ccccc3N3CCCCC3)CC2=O)cc1. The number of hydrogen-bond acceptors (Lipinski definition) is 3. The Hall–Kier alpha value is -2.82.